The minimum absolute atomic E-state index is 0.270. The van der Waals surface area contributed by atoms with E-state index in [9.17, 15) is 14.9 Å². The molecule has 258 valence electrons. The fourth-order valence-corrected chi connectivity index (χ4v) is 5.27. The highest BCUT2D eigenvalue weighted by molar-refractivity contribution is 5.93. The number of hydrogen-bond acceptors (Lipinski definition) is 7. The van der Waals surface area contributed by atoms with Crippen molar-refractivity contribution in [1.29, 1.82) is 5.26 Å². The maximum atomic E-state index is 12.9. The quantitative estimate of drug-likeness (QED) is 0.0604. The molecule has 0 amide bonds. The average molecular weight is 656 g/mol. The lowest BCUT2D eigenvalue weighted by molar-refractivity contribution is 0.0730. The van der Waals surface area contributed by atoms with Crippen molar-refractivity contribution in [3.05, 3.63) is 83.4 Å². The molecule has 0 aliphatic heterocycles. The minimum Gasteiger partial charge on any atom is -0.494 e. The Labute approximate surface area is 287 Å². The molecule has 3 aromatic rings. The summed E-state index contributed by atoms with van der Waals surface area (Å²) < 4.78 is 22.8. The normalized spacial score (nSPS) is 11.5. The van der Waals surface area contributed by atoms with Crippen molar-refractivity contribution < 1.29 is 28.5 Å². The second kappa shape index (κ2) is 21.5. The van der Waals surface area contributed by atoms with Gasteiger partial charge in [-0.15, -0.1) is 0 Å². The van der Waals surface area contributed by atoms with Gasteiger partial charge in [-0.1, -0.05) is 91.9 Å². The Balaban J connectivity index is 1.43. The first kappa shape index (κ1) is 38.1. The Bertz CT molecular complexity index is 1420. The molecule has 7 heteroatoms. The molecular weight excluding hydrogens is 602 g/mol. The number of rotatable bonds is 22. The predicted octanol–water partition coefficient (Wildman–Crippen LogP) is 10.7. The molecule has 0 aliphatic carbocycles. The molecule has 0 saturated heterocycles. The van der Waals surface area contributed by atoms with Gasteiger partial charge >= 0.3 is 11.9 Å². The van der Waals surface area contributed by atoms with Crippen molar-refractivity contribution in [2.45, 2.75) is 105 Å². The Hall–Kier alpha value is -4.31. The van der Waals surface area contributed by atoms with Crippen LogP contribution >= 0.6 is 0 Å². The van der Waals surface area contributed by atoms with Gasteiger partial charge < -0.3 is 18.9 Å². The summed E-state index contributed by atoms with van der Waals surface area (Å²) in [5.41, 5.74) is 0.956. The van der Waals surface area contributed by atoms with Crippen LogP contribution < -0.4 is 18.9 Å². The number of hydrogen-bond donors (Lipinski definition) is 0. The molecule has 0 N–H and O–H groups in total. The predicted molar refractivity (Wildman–Crippen MR) is 190 cm³/mol. The first-order chi connectivity index (χ1) is 23.3. The minimum atomic E-state index is -0.588. The third-order valence-electron chi connectivity index (χ3n) is 8.29. The number of esters is 2. The van der Waals surface area contributed by atoms with E-state index >= 15 is 0 Å². The lowest BCUT2D eigenvalue weighted by Gasteiger charge is -2.13. The Morgan fingerprint density at radius 1 is 0.625 bits per heavy atom. The van der Waals surface area contributed by atoms with E-state index in [1.807, 2.05) is 0 Å². The summed E-state index contributed by atoms with van der Waals surface area (Å²) in [5.74, 6) is 2.04. The zero-order chi connectivity index (χ0) is 34.6. The molecule has 0 fully saturated rings. The van der Waals surface area contributed by atoms with Gasteiger partial charge in [0.05, 0.1) is 29.9 Å². The van der Waals surface area contributed by atoms with E-state index in [1.54, 1.807) is 66.7 Å². The van der Waals surface area contributed by atoms with Gasteiger partial charge in [0.25, 0.3) is 0 Å². The number of nitrogens with zero attached hydrogens (tertiary/aromatic N) is 1. The van der Waals surface area contributed by atoms with Gasteiger partial charge in [-0.2, -0.15) is 5.26 Å². The zero-order valence-corrected chi connectivity index (χ0v) is 29.3. The monoisotopic (exact) mass is 655 g/mol. The standard InChI is InChI=1S/C41H53NO6/c1-5-6-7-8-9-10-11-12-27-46-39-29-34(16-17-35(39)30-42)41(44)48-37-20-18-33(19-21-37)40(43)47-38-24-22-36(23-25-38)45-28-26-32(4)15-13-14-31(2)3/h16-25,29,31-32H,5-15,26-28H2,1-4H3/t32-/m0/s1. The molecule has 0 aromatic heterocycles. The van der Waals surface area contributed by atoms with Gasteiger partial charge in [0.1, 0.15) is 29.1 Å². The fourth-order valence-electron chi connectivity index (χ4n) is 5.27. The molecule has 0 bridgehead atoms. The van der Waals surface area contributed by atoms with Crippen LogP contribution in [0.2, 0.25) is 0 Å². The summed E-state index contributed by atoms with van der Waals surface area (Å²) in [6.07, 6.45) is 14.2. The van der Waals surface area contributed by atoms with Crippen LogP contribution in [0.4, 0.5) is 0 Å². The molecule has 0 heterocycles. The van der Waals surface area contributed by atoms with Crippen LogP contribution in [-0.2, 0) is 0 Å². The molecule has 0 spiro atoms. The number of carbonyl (C=O) groups is 2. The smallest absolute Gasteiger partial charge is 0.343 e. The van der Waals surface area contributed by atoms with E-state index in [-0.39, 0.29) is 11.3 Å². The van der Waals surface area contributed by atoms with Gasteiger partial charge in [0.2, 0.25) is 0 Å². The maximum Gasteiger partial charge on any atom is 0.343 e. The third kappa shape index (κ3) is 14.2. The number of nitriles is 1. The van der Waals surface area contributed by atoms with Crippen molar-refractivity contribution in [3.8, 4) is 29.1 Å². The van der Waals surface area contributed by atoms with Crippen molar-refractivity contribution >= 4 is 11.9 Å². The Morgan fingerprint density at radius 2 is 1.19 bits per heavy atom. The van der Waals surface area contributed by atoms with Crippen molar-refractivity contribution in [3.63, 3.8) is 0 Å². The summed E-state index contributed by atoms with van der Waals surface area (Å²) in [6, 6.07) is 20.0. The van der Waals surface area contributed by atoms with E-state index in [0.717, 1.165) is 30.9 Å². The Kier molecular flexibility index (Phi) is 17.1. The number of carbonyl (C=O) groups excluding carboxylic acids is 2. The van der Waals surface area contributed by atoms with Crippen LogP contribution in [0.25, 0.3) is 0 Å². The van der Waals surface area contributed by atoms with Crippen LogP contribution in [0.1, 0.15) is 131 Å². The number of benzene rings is 3. The molecule has 48 heavy (non-hydrogen) atoms. The van der Waals surface area contributed by atoms with Gasteiger partial charge in [-0.3, -0.25) is 0 Å². The van der Waals surface area contributed by atoms with Gasteiger partial charge in [0, 0.05) is 0 Å². The lowest BCUT2D eigenvalue weighted by atomic mass is 9.98. The largest absolute Gasteiger partial charge is 0.494 e. The molecule has 0 saturated carbocycles. The van der Waals surface area contributed by atoms with Crippen LogP contribution in [0, 0.1) is 23.2 Å². The highest BCUT2D eigenvalue weighted by atomic mass is 16.5. The number of ether oxygens (including phenoxy) is 4. The zero-order valence-electron chi connectivity index (χ0n) is 29.3. The lowest BCUT2D eigenvalue weighted by Crippen LogP contribution is -2.11. The summed E-state index contributed by atoms with van der Waals surface area (Å²) >= 11 is 0. The molecule has 3 rings (SSSR count). The molecule has 1 atom stereocenters. The highest BCUT2D eigenvalue weighted by Gasteiger charge is 2.15. The van der Waals surface area contributed by atoms with E-state index in [4.69, 9.17) is 18.9 Å². The van der Waals surface area contributed by atoms with Crippen molar-refractivity contribution in [2.75, 3.05) is 13.2 Å². The first-order valence-electron chi connectivity index (χ1n) is 17.7. The van der Waals surface area contributed by atoms with Crippen LogP contribution in [-0.4, -0.2) is 25.2 Å². The molecule has 3 aromatic carbocycles. The average Bonchev–Trinajstić information content (AvgIpc) is 3.08. The first-order valence-corrected chi connectivity index (χ1v) is 17.7. The van der Waals surface area contributed by atoms with Gasteiger partial charge in [-0.05, 0) is 91.4 Å². The van der Waals surface area contributed by atoms with Crippen molar-refractivity contribution in [2.24, 2.45) is 11.8 Å². The third-order valence-corrected chi connectivity index (χ3v) is 8.29. The van der Waals surface area contributed by atoms with E-state index < -0.39 is 11.9 Å². The molecular formula is C41H53NO6. The summed E-state index contributed by atoms with van der Waals surface area (Å²) in [4.78, 5) is 25.6. The van der Waals surface area contributed by atoms with Crippen LogP contribution in [0.3, 0.4) is 0 Å². The fraction of sp³-hybridized carbons (Fsp3) is 0.488. The molecule has 0 aliphatic rings. The maximum absolute atomic E-state index is 12.9. The van der Waals surface area contributed by atoms with Crippen LogP contribution in [0.5, 0.6) is 23.0 Å². The second-order valence-corrected chi connectivity index (χ2v) is 13.0. The number of unbranched alkanes of at least 4 members (excludes halogenated alkanes) is 7. The molecule has 0 unspecified atom stereocenters. The SMILES string of the molecule is CCCCCCCCCCOc1cc(C(=O)Oc2ccc(C(=O)Oc3ccc(OCC[C@@H](C)CCCC(C)C)cc3)cc2)ccc1C#N. The summed E-state index contributed by atoms with van der Waals surface area (Å²) in [5, 5.41) is 9.49. The summed E-state index contributed by atoms with van der Waals surface area (Å²) in [6.45, 7) is 10.1. The molecule has 0 radical (unpaired) electrons. The van der Waals surface area contributed by atoms with E-state index in [1.165, 1.54) is 57.8 Å². The van der Waals surface area contributed by atoms with E-state index in [0.29, 0.717) is 41.8 Å². The molecule has 7 nitrogen and oxygen atoms in total. The Morgan fingerprint density at radius 3 is 1.81 bits per heavy atom. The van der Waals surface area contributed by atoms with Crippen LogP contribution in [0.15, 0.2) is 66.7 Å². The van der Waals surface area contributed by atoms with Gasteiger partial charge in [0.15, 0.2) is 0 Å². The van der Waals surface area contributed by atoms with Crippen molar-refractivity contribution in [1.82, 2.24) is 0 Å². The topological polar surface area (TPSA) is 94.8 Å². The summed E-state index contributed by atoms with van der Waals surface area (Å²) in [7, 11) is 0. The van der Waals surface area contributed by atoms with E-state index in [2.05, 4.69) is 33.8 Å². The second-order valence-electron chi connectivity index (χ2n) is 13.0. The highest BCUT2D eigenvalue weighted by Crippen LogP contribution is 2.24. The van der Waals surface area contributed by atoms with Gasteiger partial charge in [-0.25, -0.2) is 9.59 Å².